The van der Waals surface area contributed by atoms with E-state index in [2.05, 4.69) is 26.1 Å². The zero-order valence-electron chi connectivity index (χ0n) is 7.91. The Kier molecular flexibility index (Phi) is 4.11. The monoisotopic (exact) mass is 272 g/mol. The smallest absolute Gasteiger partial charge is 0.323 e. The molecule has 0 atom stereocenters. The number of hydrogen-bond donors (Lipinski definition) is 2. The van der Waals surface area contributed by atoms with Crippen molar-refractivity contribution >= 4 is 27.9 Å². The second-order valence-electron chi connectivity index (χ2n) is 2.58. The fraction of sp³-hybridized carbons (Fsp3) is 0.111. The lowest BCUT2D eigenvalue weighted by Crippen LogP contribution is -2.31. The van der Waals surface area contributed by atoms with Crippen molar-refractivity contribution in [2.24, 2.45) is 0 Å². The minimum atomic E-state index is -0.722. The summed E-state index contributed by atoms with van der Waals surface area (Å²) in [6, 6.07) is 6.64. The number of hydrogen-bond acceptors (Lipinski definition) is 3. The lowest BCUT2D eigenvalue weighted by atomic mass is 10.2. The normalized spacial score (nSPS) is 9.20. The van der Waals surface area contributed by atoms with Gasteiger partial charge in [0.05, 0.1) is 0 Å². The van der Waals surface area contributed by atoms with Crippen LogP contribution in [0, 0.1) is 0 Å². The third kappa shape index (κ3) is 3.59. The second kappa shape index (κ2) is 5.35. The summed E-state index contributed by atoms with van der Waals surface area (Å²) >= 11 is 3.24. The number of hydroxylamine groups is 1. The van der Waals surface area contributed by atoms with Crippen LogP contribution in [0.3, 0.4) is 0 Å². The van der Waals surface area contributed by atoms with Crippen LogP contribution < -0.4 is 10.8 Å². The first-order valence-electron chi connectivity index (χ1n) is 4.08. The van der Waals surface area contributed by atoms with Gasteiger partial charge in [0.1, 0.15) is 0 Å². The van der Waals surface area contributed by atoms with Crippen LogP contribution in [0.15, 0.2) is 28.7 Å². The highest BCUT2D eigenvalue weighted by molar-refractivity contribution is 9.10. The van der Waals surface area contributed by atoms with Gasteiger partial charge in [-0.05, 0) is 24.3 Å². The minimum Gasteiger partial charge on any atom is -0.323 e. The van der Waals surface area contributed by atoms with Gasteiger partial charge < -0.3 is 10.2 Å². The molecule has 80 valence electrons. The van der Waals surface area contributed by atoms with Gasteiger partial charge in [-0.25, -0.2) is 4.79 Å². The molecule has 0 saturated carbocycles. The van der Waals surface area contributed by atoms with Gasteiger partial charge in [-0.3, -0.25) is 4.79 Å². The fourth-order valence-corrected chi connectivity index (χ4v) is 1.07. The van der Waals surface area contributed by atoms with Gasteiger partial charge in [-0.15, -0.1) is 0 Å². The minimum absolute atomic E-state index is 0.405. The van der Waals surface area contributed by atoms with Crippen molar-refractivity contribution in [3.8, 4) is 0 Å². The Morgan fingerprint density at radius 3 is 2.40 bits per heavy atom. The first-order chi connectivity index (χ1) is 7.13. The number of carbonyl (C=O) groups excluding carboxylic acids is 2. The number of rotatable bonds is 1. The van der Waals surface area contributed by atoms with Crippen molar-refractivity contribution in [2.75, 3.05) is 7.05 Å². The van der Waals surface area contributed by atoms with Crippen molar-refractivity contribution in [1.29, 1.82) is 0 Å². The topological polar surface area (TPSA) is 67.4 Å². The van der Waals surface area contributed by atoms with E-state index < -0.39 is 12.0 Å². The molecule has 15 heavy (non-hydrogen) atoms. The molecule has 1 aromatic carbocycles. The summed E-state index contributed by atoms with van der Waals surface area (Å²) < 4.78 is 0.867. The van der Waals surface area contributed by atoms with Crippen LogP contribution in [0.5, 0.6) is 0 Å². The summed E-state index contributed by atoms with van der Waals surface area (Å²) in [5, 5.41) is 2.20. The maximum Gasteiger partial charge on any atom is 0.431 e. The summed E-state index contributed by atoms with van der Waals surface area (Å²) in [6.07, 6.45) is -0.722. The van der Waals surface area contributed by atoms with E-state index in [-0.39, 0.29) is 0 Å². The molecule has 0 aliphatic rings. The van der Waals surface area contributed by atoms with Crippen molar-refractivity contribution in [2.45, 2.75) is 0 Å². The van der Waals surface area contributed by atoms with E-state index in [0.29, 0.717) is 5.56 Å². The van der Waals surface area contributed by atoms with Crippen molar-refractivity contribution in [1.82, 2.24) is 10.8 Å². The Labute approximate surface area is 94.9 Å². The Morgan fingerprint density at radius 1 is 1.27 bits per heavy atom. The van der Waals surface area contributed by atoms with E-state index in [4.69, 9.17) is 0 Å². The molecule has 0 aliphatic carbocycles. The Balaban J connectivity index is 2.54. The number of carbonyl (C=O) groups is 2. The molecule has 0 saturated heterocycles. The van der Waals surface area contributed by atoms with E-state index in [1.165, 1.54) is 7.05 Å². The SMILES string of the molecule is CNC(=O)ONC(=O)c1ccc(Br)cc1. The lowest BCUT2D eigenvalue weighted by molar-refractivity contribution is 0.0578. The molecule has 0 aliphatic heterocycles. The molecule has 0 radical (unpaired) electrons. The van der Waals surface area contributed by atoms with Gasteiger partial charge in [0.2, 0.25) is 0 Å². The van der Waals surface area contributed by atoms with Crippen LogP contribution >= 0.6 is 15.9 Å². The van der Waals surface area contributed by atoms with Crippen LogP contribution in [-0.2, 0) is 4.84 Å². The van der Waals surface area contributed by atoms with Gasteiger partial charge in [0, 0.05) is 17.1 Å². The van der Waals surface area contributed by atoms with Gasteiger partial charge in [0.15, 0.2) is 0 Å². The third-order valence-corrected chi connectivity index (χ3v) is 2.08. The lowest BCUT2D eigenvalue weighted by Gasteiger charge is -2.04. The molecule has 6 heteroatoms. The average Bonchev–Trinajstić information content (AvgIpc) is 2.26. The van der Waals surface area contributed by atoms with Crippen LogP contribution in [-0.4, -0.2) is 19.0 Å². The van der Waals surface area contributed by atoms with Crippen molar-refractivity contribution in [3.63, 3.8) is 0 Å². The largest absolute Gasteiger partial charge is 0.431 e. The zero-order chi connectivity index (χ0) is 11.3. The van der Waals surface area contributed by atoms with E-state index in [1.54, 1.807) is 24.3 Å². The highest BCUT2D eigenvalue weighted by Crippen LogP contribution is 2.10. The molecule has 1 rings (SSSR count). The standard InChI is InChI=1S/C9H9BrN2O3/c1-11-9(14)15-12-8(13)6-2-4-7(10)5-3-6/h2-5H,1H3,(H,11,14)(H,12,13). The predicted octanol–water partition coefficient (Wildman–Crippen LogP) is 1.45. The molecule has 0 bridgehead atoms. The first kappa shape index (κ1) is 11.5. The van der Waals surface area contributed by atoms with Gasteiger partial charge in [-0.1, -0.05) is 15.9 Å². The van der Waals surface area contributed by atoms with Crippen LogP contribution in [0.4, 0.5) is 4.79 Å². The molecule has 0 unspecified atom stereocenters. The summed E-state index contributed by atoms with van der Waals surface area (Å²) in [6.45, 7) is 0. The molecule has 0 fully saturated rings. The molecule has 0 spiro atoms. The average molecular weight is 273 g/mol. The van der Waals surface area contributed by atoms with E-state index in [0.717, 1.165) is 4.47 Å². The Bertz CT molecular complexity index is 364. The third-order valence-electron chi connectivity index (χ3n) is 1.55. The number of nitrogens with one attached hydrogen (secondary N) is 2. The molecular weight excluding hydrogens is 264 g/mol. The molecular formula is C9H9BrN2O3. The van der Waals surface area contributed by atoms with Gasteiger partial charge >= 0.3 is 6.09 Å². The molecule has 0 aromatic heterocycles. The maximum absolute atomic E-state index is 11.3. The van der Waals surface area contributed by atoms with Gasteiger partial charge in [-0.2, -0.15) is 5.48 Å². The highest BCUT2D eigenvalue weighted by atomic mass is 79.9. The maximum atomic E-state index is 11.3. The predicted molar refractivity (Wildman–Crippen MR) is 57.1 cm³/mol. The Hall–Kier alpha value is -1.56. The molecule has 1 aromatic rings. The molecule has 5 nitrogen and oxygen atoms in total. The van der Waals surface area contributed by atoms with Crippen LogP contribution in [0.1, 0.15) is 10.4 Å². The van der Waals surface area contributed by atoms with Crippen molar-refractivity contribution in [3.05, 3.63) is 34.3 Å². The van der Waals surface area contributed by atoms with Crippen LogP contribution in [0.2, 0.25) is 0 Å². The molecule has 2 amide bonds. The quantitative estimate of drug-likeness (QED) is 0.761. The number of halogens is 1. The first-order valence-corrected chi connectivity index (χ1v) is 4.87. The van der Waals surface area contributed by atoms with Crippen molar-refractivity contribution < 1.29 is 14.4 Å². The Morgan fingerprint density at radius 2 is 1.87 bits per heavy atom. The van der Waals surface area contributed by atoms with Crippen LogP contribution in [0.25, 0.3) is 0 Å². The number of amides is 2. The summed E-state index contributed by atoms with van der Waals surface area (Å²) in [4.78, 5) is 26.4. The molecule has 0 heterocycles. The fourth-order valence-electron chi connectivity index (χ4n) is 0.804. The van der Waals surface area contributed by atoms with Gasteiger partial charge in [0.25, 0.3) is 5.91 Å². The summed E-state index contributed by atoms with van der Waals surface area (Å²) in [5.74, 6) is -0.480. The zero-order valence-corrected chi connectivity index (χ0v) is 9.50. The number of benzene rings is 1. The van der Waals surface area contributed by atoms with E-state index in [1.807, 2.05) is 5.48 Å². The van der Waals surface area contributed by atoms with E-state index >= 15 is 0 Å². The summed E-state index contributed by atoms with van der Waals surface area (Å²) in [7, 11) is 1.40. The highest BCUT2D eigenvalue weighted by Gasteiger charge is 2.06. The molecule has 2 N–H and O–H groups in total. The van der Waals surface area contributed by atoms with E-state index in [9.17, 15) is 9.59 Å². The second-order valence-corrected chi connectivity index (χ2v) is 3.49. The summed E-state index contributed by atoms with van der Waals surface area (Å²) in [5.41, 5.74) is 2.41.